The van der Waals surface area contributed by atoms with Crippen molar-refractivity contribution in [3.8, 4) is 11.8 Å². The van der Waals surface area contributed by atoms with Gasteiger partial charge in [-0.15, -0.1) is 0 Å². The van der Waals surface area contributed by atoms with E-state index in [4.69, 9.17) is 5.26 Å². The first kappa shape index (κ1) is 18.7. The quantitative estimate of drug-likeness (QED) is 0.650. The molecule has 1 fully saturated rings. The maximum absolute atomic E-state index is 12.3. The van der Waals surface area contributed by atoms with Gasteiger partial charge in [0.25, 0.3) is 0 Å². The first-order chi connectivity index (χ1) is 13.1. The largest absolute Gasteiger partial charge is 0.306 e. The molecular formula is C21H21FN4O. The van der Waals surface area contributed by atoms with E-state index in [-0.39, 0.29) is 0 Å². The number of nitrogens with zero attached hydrogens (tertiary/aromatic N) is 4. The van der Waals surface area contributed by atoms with Crippen molar-refractivity contribution in [3.05, 3.63) is 59.9 Å². The summed E-state index contributed by atoms with van der Waals surface area (Å²) in [4.78, 5) is 17.2. The van der Waals surface area contributed by atoms with E-state index >= 15 is 0 Å². The number of alkyl halides is 1. The Morgan fingerprint density at radius 1 is 1.26 bits per heavy atom. The summed E-state index contributed by atoms with van der Waals surface area (Å²) >= 11 is 0. The standard InChI is InChI=1S/C15H9N3O.C6H12FN/c16-8-11-2-1-3-14(7-11)18-5-4-13-6-12(10-19)9-17-15(13)18;1-8-4-2-6(7)3-5-8/h1-7,9-10H;6H,2-5H2,1H3. The summed E-state index contributed by atoms with van der Waals surface area (Å²) in [7, 11) is 2.03. The van der Waals surface area contributed by atoms with E-state index in [2.05, 4.69) is 16.0 Å². The third-order valence-corrected chi connectivity index (χ3v) is 4.59. The van der Waals surface area contributed by atoms with Gasteiger partial charge in [0.05, 0.1) is 11.6 Å². The molecule has 1 saturated heterocycles. The highest BCUT2D eigenvalue weighted by Gasteiger charge is 2.14. The molecule has 4 rings (SSSR count). The summed E-state index contributed by atoms with van der Waals surface area (Å²) in [5.74, 6) is 0. The third-order valence-electron chi connectivity index (χ3n) is 4.59. The van der Waals surface area contributed by atoms with Crippen molar-refractivity contribution in [2.75, 3.05) is 20.1 Å². The van der Waals surface area contributed by atoms with Crippen LogP contribution in [-0.2, 0) is 0 Å². The average molecular weight is 364 g/mol. The number of fused-ring (bicyclic) bond motifs is 1. The number of hydrogen-bond acceptors (Lipinski definition) is 4. The number of pyridine rings is 1. The van der Waals surface area contributed by atoms with E-state index in [0.29, 0.717) is 11.1 Å². The molecule has 6 heteroatoms. The second-order valence-corrected chi connectivity index (χ2v) is 6.63. The second-order valence-electron chi connectivity index (χ2n) is 6.63. The Hall–Kier alpha value is -3.04. The van der Waals surface area contributed by atoms with Gasteiger partial charge in [0.2, 0.25) is 0 Å². The van der Waals surface area contributed by atoms with Gasteiger partial charge in [-0.2, -0.15) is 5.26 Å². The van der Waals surface area contributed by atoms with Gasteiger partial charge in [-0.3, -0.25) is 4.79 Å². The van der Waals surface area contributed by atoms with E-state index in [9.17, 15) is 9.18 Å². The van der Waals surface area contributed by atoms with Crippen LogP contribution in [0.15, 0.2) is 48.8 Å². The fourth-order valence-electron chi connectivity index (χ4n) is 3.02. The zero-order valence-electron chi connectivity index (χ0n) is 15.2. The van der Waals surface area contributed by atoms with Crippen LogP contribution >= 0.6 is 0 Å². The molecular weight excluding hydrogens is 343 g/mol. The Bertz CT molecular complexity index is 958. The molecule has 0 amide bonds. The summed E-state index contributed by atoms with van der Waals surface area (Å²) in [6.45, 7) is 1.86. The van der Waals surface area contributed by atoms with Crippen molar-refractivity contribution in [1.82, 2.24) is 14.5 Å². The number of aromatic nitrogens is 2. The predicted octanol–water partition coefficient (Wildman–Crippen LogP) is 3.76. The fraction of sp³-hybridized carbons (Fsp3) is 0.286. The van der Waals surface area contributed by atoms with Crippen molar-refractivity contribution in [3.63, 3.8) is 0 Å². The average Bonchev–Trinajstić information content (AvgIpc) is 3.14. The molecule has 1 aliphatic heterocycles. The lowest BCUT2D eigenvalue weighted by atomic mass is 10.1. The molecule has 0 N–H and O–H groups in total. The normalized spacial score (nSPS) is 15.0. The number of rotatable bonds is 2. The van der Waals surface area contributed by atoms with Gasteiger partial charge in [0.1, 0.15) is 11.8 Å². The highest BCUT2D eigenvalue weighted by molar-refractivity contribution is 5.85. The van der Waals surface area contributed by atoms with Crippen molar-refractivity contribution >= 4 is 17.3 Å². The zero-order chi connectivity index (χ0) is 19.2. The smallest absolute Gasteiger partial charge is 0.151 e. The summed E-state index contributed by atoms with van der Waals surface area (Å²) in [5.41, 5.74) is 2.79. The Morgan fingerprint density at radius 2 is 2.04 bits per heavy atom. The van der Waals surface area contributed by atoms with E-state index in [1.54, 1.807) is 24.4 Å². The van der Waals surface area contributed by atoms with Crippen LogP contribution in [0.4, 0.5) is 4.39 Å². The van der Waals surface area contributed by atoms with Gasteiger partial charge < -0.3 is 9.47 Å². The SMILES string of the molecule is CN1CCC(F)CC1.N#Cc1cccc(-n2ccc3cc(C=O)cnc32)c1. The molecule has 0 radical (unpaired) electrons. The third kappa shape index (κ3) is 4.57. The number of likely N-dealkylation sites (tertiary alicyclic amines) is 1. The van der Waals surface area contributed by atoms with E-state index in [1.807, 2.05) is 36.0 Å². The first-order valence-electron chi connectivity index (χ1n) is 8.86. The molecule has 1 aliphatic rings. The van der Waals surface area contributed by atoms with E-state index in [1.165, 1.54) is 0 Å². The molecule has 3 heterocycles. The minimum Gasteiger partial charge on any atom is -0.306 e. The van der Waals surface area contributed by atoms with Gasteiger partial charge in [0.15, 0.2) is 6.29 Å². The topological polar surface area (TPSA) is 61.9 Å². The molecule has 0 spiro atoms. The molecule has 27 heavy (non-hydrogen) atoms. The first-order valence-corrected chi connectivity index (χ1v) is 8.86. The number of hydrogen-bond donors (Lipinski definition) is 0. The molecule has 0 saturated carbocycles. The number of carbonyl (C=O) groups is 1. The van der Waals surface area contributed by atoms with Crippen LogP contribution < -0.4 is 0 Å². The van der Waals surface area contributed by atoms with Crippen LogP contribution in [0.1, 0.15) is 28.8 Å². The van der Waals surface area contributed by atoms with Crippen LogP contribution in [0.2, 0.25) is 0 Å². The maximum atomic E-state index is 12.3. The number of aldehydes is 1. The number of benzene rings is 1. The summed E-state index contributed by atoms with van der Waals surface area (Å²) < 4.78 is 14.2. The molecule has 2 aromatic heterocycles. The number of nitriles is 1. The Morgan fingerprint density at radius 3 is 2.70 bits per heavy atom. The van der Waals surface area contributed by atoms with Crippen LogP contribution in [0.5, 0.6) is 0 Å². The highest BCUT2D eigenvalue weighted by atomic mass is 19.1. The van der Waals surface area contributed by atoms with Gasteiger partial charge in [0, 0.05) is 42.1 Å². The Kier molecular flexibility index (Phi) is 5.94. The van der Waals surface area contributed by atoms with Gasteiger partial charge in [-0.05, 0) is 50.2 Å². The molecule has 3 aromatic rings. The Labute approximate surface area is 157 Å². The molecule has 1 aromatic carbocycles. The van der Waals surface area contributed by atoms with Crippen molar-refractivity contribution in [2.45, 2.75) is 19.0 Å². The maximum Gasteiger partial charge on any atom is 0.151 e. The lowest BCUT2D eigenvalue weighted by Gasteiger charge is -2.23. The molecule has 0 aliphatic carbocycles. The van der Waals surface area contributed by atoms with Gasteiger partial charge in [-0.1, -0.05) is 6.07 Å². The monoisotopic (exact) mass is 364 g/mol. The summed E-state index contributed by atoms with van der Waals surface area (Å²) in [5, 5.41) is 9.82. The molecule has 138 valence electrons. The van der Waals surface area contributed by atoms with Crippen LogP contribution in [-0.4, -0.2) is 47.0 Å². The van der Waals surface area contributed by atoms with Crippen LogP contribution in [0.25, 0.3) is 16.7 Å². The predicted molar refractivity (Wildman–Crippen MR) is 103 cm³/mol. The van der Waals surface area contributed by atoms with Crippen molar-refractivity contribution in [1.29, 1.82) is 5.26 Å². The molecule has 0 bridgehead atoms. The number of piperidine rings is 1. The lowest BCUT2D eigenvalue weighted by molar-refractivity contribution is 0.112. The molecule has 0 unspecified atom stereocenters. The fourth-order valence-corrected chi connectivity index (χ4v) is 3.02. The Balaban J connectivity index is 0.000000221. The number of halogens is 1. The highest BCUT2D eigenvalue weighted by Crippen LogP contribution is 2.20. The second kappa shape index (κ2) is 8.56. The lowest BCUT2D eigenvalue weighted by Crippen LogP contribution is -2.30. The van der Waals surface area contributed by atoms with Crippen molar-refractivity contribution < 1.29 is 9.18 Å². The molecule has 5 nitrogen and oxygen atoms in total. The van der Waals surface area contributed by atoms with Crippen LogP contribution in [0, 0.1) is 11.3 Å². The zero-order valence-corrected chi connectivity index (χ0v) is 15.2. The van der Waals surface area contributed by atoms with Gasteiger partial charge >= 0.3 is 0 Å². The summed E-state index contributed by atoms with van der Waals surface area (Å²) in [6.07, 6.45) is 5.14. The molecule has 0 atom stereocenters. The van der Waals surface area contributed by atoms with E-state index in [0.717, 1.165) is 48.9 Å². The van der Waals surface area contributed by atoms with Gasteiger partial charge in [-0.25, -0.2) is 9.37 Å². The minimum absolute atomic E-state index is 0.522. The van der Waals surface area contributed by atoms with Crippen molar-refractivity contribution in [2.24, 2.45) is 0 Å². The van der Waals surface area contributed by atoms with Crippen LogP contribution in [0.3, 0.4) is 0 Å². The van der Waals surface area contributed by atoms with E-state index < -0.39 is 6.17 Å². The number of carbonyl (C=O) groups excluding carboxylic acids is 1. The minimum atomic E-state index is -0.522. The summed E-state index contributed by atoms with van der Waals surface area (Å²) in [6, 6.07) is 13.1.